The van der Waals surface area contributed by atoms with E-state index < -0.39 is 136 Å². The van der Waals surface area contributed by atoms with Crippen LogP contribution in [0.4, 0.5) is 0 Å². The molecule has 0 atom stereocenters. The lowest BCUT2D eigenvalue weighted by Gasteiger charge is -2.10. The van der Waals surface area contributed by atoms with Gasteiger partial charge in [0.15, 0.2) is 17.5 Å². The van der Waals surface area contributed by atoms with Gasteiger partial charge >= 0.3 is 0 Å². The van der Waals surface area contributed by atoms with Gasteiger partial charge in [-0.3, -0.25) is 0 Å². The van der Waals surface area contributed by atoms with Crippen LogP contribution in [0.1, 0.15) is 26.1 Å². The van der Waals surface area contributed by atoms with Gasteiger partial charge in [-0.1, -0.05) is 109 Å². The van der Waals surface area contributed by atoms with E-state index in [2.05, 4.69) is 15.0 Å². The number of para-hydroxylation sites is 1. The zero-order chi connectivity index (χ0) is 43.2. The molecular formula is C40H24N4O. The predicted octanol–water partition coefficient (Wildman–Crippen LogP) is 9.98. The summed E-state index contributed by atoms with van der Waals surface area (Å²) in [6, 6.07) is 7.69. The quantitative estimate of drug-likeness (QED) is 0.199. The van der Waals surface area contributed by atoms with Gasteiger partial charge in [-0.05, 0) is 58.5 Å². The smallest absolute Gasteiger partial charge is 0.164 e. The Hall–Kier alpha value is -6.38. The molecule has 0 amide bonds. The normalized spacial score (nSPS) is 15.8. The number of furan rings is 1. The predicted molar refractivity (Wildman–Crippen MR) is 179 cm³/mol. The largest absolute Gasteiger partial charge is 0.456 e. The molecule has 5 nitrogen and oxygen atoms in total. The Labute approximate surface area is 280 Å². The third kappa shape index (κ3) is 5.01. The SMILES string of the molecule is [2H]c1c([2H])c(C#N)c([2H])c(-c2nc(-c3ccc(-c4ccccc4)cc3)nc(-c3c([2H])c([2H])c([2H])c(-c4c([2H])c([2H])c5c(oc6c([2H])c([2H])c([2H])c([2H])c65)c4[2H])c3[2H])n2)c1[2H]. The molecule has 0 N–H and O–H groups in total. The lowest BCUT2D eigenvalue weighted by molar-refractivity contribution is 0.669. The second-order valence-electron chi connectivity index (χ2n) is 9.62. The van der Waals surface area contributed by atoms with Crippen LogP contribution in [0.2, 0.25) is 0 Å². The molecule has 0 fully saturated rings. The van der Waals surface area contributed by atoms with Crippen molar-refractivity contribution in [3.63, 3.8) is 0 Å². The van der Waals surface area contributed by atoms with Gasteiger partial charge in [0.05, 0.1) is 32.2 Å². The number of fused-ring (bicyclic) bond motifs is 3. The Balaban J connectivity index is 1.43. The molecule has 0 aliphatic carbocycles. The summed E-state index contributed by atoms with van der Waals surface area (Å²) in [5.74, 6) is -1.08. The number of nitrogens with zero attached hydrogens (tertiary/aromatic N) is 4. The fraction of sp³-hybridized carbons (Fsp3) is 0. The van der Waals surface area contributed by atoms with Crippen molar-refractivity contribution in [1.82, 2.24) is 15.0 Å². The minimum Gasteiger partial charge on any atom is -0.456 e. The average molecular weight is 592 g/mol. The Morgan fingerprint density at radius 1 is 0.489 bits per heavy atom. The van der Waals surface area contributed by atoms with Crippen molar-refractivity contribution < 1.29 is 25.0 Å². The van der Waals surface area contributed by atoms with Gasteiger partial charge in [0.1, 0.15) is 11.2 Å². The van der Waals surface area contributed by atoms with E-state index >= 15 is 0 Å². The highest BCUT2D eigenvalue weighted by Gasteiger charge is 2.14. The Morgan fingerprint density at radius 2 is 1.09 bits per heavy atom. The topological polar surface area (TPSA) is 75.6 Å². The molecule has 2 heterocycles. The van der Waals surface area contributed by atoms with Crippen molar-refractivity contribution in [2.75, 3.05) is 0 Å². The maximum absolute atomic E-state index is 9.80. The number of benzene rings is 6. The van der Waals surface area contributed by atoms with Crippen molar-refractivity contribution in [3.8, 4) is 62.5 Å². The van der Waals surface area contributed by atoms with Gasteiger partial charge in [0, 0.05) is 27.5 Å². The van der Waals surface area contributed by atoms with Crippen LogP contribution in [0.3, 0.4) is 0 Å². The highest BCUT2D eigenvalue weighted by Crippen LogP contribution is 2.34. The molecule has 8 aromatic rings. The van der Waals surface area contributed by atoms with Crippen molar-refractivity contribution in [2.45, 2.75) is 0 Å². The molecule has 6 aromatic carbocycles. The minimum absolute atomic E-state index is 0.130. The van der Waals surface area contributed by atoms with E-state index in [1.54, 1.807) is 30.3 Å². The lowest BCUT2D eigenvalue weighted by Crippen LogP contribution is -2.00. The van der Waals surface area contributed by atoms with Gasteiger partial charge in [0.2, 0.25) is 0 Å². The average Bonchev–Trinajstić information content (AvgIpc) is 3.66. The third-order valence-electron chi connectivity index (χ3n) is 6.83. The molecule has 0 spiro atoms. The second kappa shape index (κ2) is 11.0. The van der Waals surface area contributed by atoms with E-state index in [0.717, 1.165) is 11.1 Å². The van der Waals surface area contributed by atoms with E-state index in [1.165, 1.54) is 0 Å². The molecule has 45 heavy (non-hydrogen) atoms. The third-order valence-corrected chi connectivity index (χ3v) is 6.83. The number of hydrogen-bond donors (Lipinski definition) is 0. The Morgan fingerprint density at radius 3 is 1.87 bits per heavy atom. The Kier molecular flexibility index (Phi) is 3.65. The molecule has 0 saturated heterocycles. The van der Waals surface area contributed by atoms with Gasteiger partial charge in [-0.15, -0.1) is 0 Å². The number of hydrogen-bond acceptors (Lipinski definition) is 5. The minimum atomic E-state index is -0.803. The standard InChI is InChI=1S/C40H24N4O/c41-25-26-8-6-12-32(22-26)39-42-38(29-18-16-28(17-19-29)27-9-2-1-3-10-27)43-40(44-39)33-13-7-11-30(23-33)31-20-21-35-34-14-4-5-15-36(34)45-37(35)24-31/h1-24H/i4D,5D,6D,7D,8D,11D,12D,13D,14D,15D,20D,21D,22D,23D,24D. The highest BCUT2D eigenvalue weighted by molar-refractivity contribution is 6.05. The van der Waals surface area contributed by atoms with E-state index in [4.69, 9.17) is 23.6 Å². The molecule has 210 valence electrons. The zero-order valence-corrected chi connectivity index (χ0v) is 22.9. The van der Waals surface area contributed by atoms with E-state index in [-0.39, 0.29) is 22.2 Å². The molecule has 0 bridgehead atoms. The van der Waals surface area contributed by atoms with Crippen LogP contribution < -0.4 is 0 Å². The molecular weight excluding hydrogens is 552 g/mol. The molecule has 0 aliphatic rings. The summed E-state index contributed by atoms with van der Waals surface area (Å²) >= 11 is 0. The van der Waals surface area contributed by atoms with Gasteiger partial charge in [-0.2, -0.15) is 5.26 Å². The summed E-state index contributed by atoms with van der Waals surface area (Å²) in [5.41, 5.74) is -1.39. The molecule has 5 heteroatoms. The van der Waals surface area contributed by atoms with Crippen LogP contribution >= 0.6 is 0 Å². The first kappa shape index (κ1) is 14.9. The number of rotatable bonds is 5. The second-order valence-corrected chi connectivity index (χ2v) is 9.62. The molecule has 0 aliphatic heterocycles. The number of nitriles is 1. The number of aromatic nitrogens is 3. The summed E-state index contributed by atoms with van der Waals surface area (Å²) < 4.78 is 136. The summed E-state index contributed by atoms with van der Waals surface area (Å²) in [5, 5.41) is 9.28. The van der Waals surface area contributed by atoms with Crippen molar-refractivity contribution in [2.24, 2.45) is 0 Å². The van der Waals surface area contributed by atoms with Crippen LogP contribution in [0.25, 0.3) is 78.4 Å². The first-order valence-corrected chi connectivity index (χ1v) is 13.5. The monoisotopic (exact) mass is 591 g/mol. The summed E-state index contributed by atoms with van der Waals surface area (Å²) in [4.78, 5) is 13.4. The summed E-state index contributed by atoms with van der Waals surface area (Å²) in [6.07, 6.45) is 0. The lowest BCUT2D eigenvalue weighted by atomic mass is 10.0. The van der Waals surface area contributed by atoms with Crippen molar-refractivity contribution in [1.29, 1.82) is 5.26 Å². The first-order valence-electron chi connectivity index (χ1n) is 21.0. The van der Waals surface area contributed by atoms with Crippen molar-refractivity contribution >= 4 is 21.9 Å². The van der Waals surface area contributed by atoms with E-state index in [0.29, 0.717) is 5.56 Å². The molecule has 0 saturated carbocycles. The fourth-order valence-corrected chi connectivity index (χ4v) is 4.69. The van der Waals surface area contributed by atoms with Crippen molar-refractivity contribution in [3.05, 3.63) is 151 Å². The summed E-state index contributed by atoms with van der Waals surface area (Å²) in [7, 11) is 0. The van der Waals surface area contributed by atoms with Gasteiger partial charge in [0.25, 0.3) is 0 Å². The maximum Gasteiger partial charge on any atom is 0.164 e. The van der Waals surface area contributed by atoms with Gasteiger partial charge in [-0.25, -0.2) is 15.0 Å². The van der Waals surface area contributed by atoms with Crippen LogP contribution in [0, 0.1) is 11.3 Å². The fourth-order valence-electron chi connectivity index (χ4n) is 4.69. The van der Waals surface area contributed by atoms with Gasteiger partial charge < -0.3 is 4.42 Å². The van der Waals surface area contributed by atoms with Crippen LogP contribution in [-0.4, -0.2) is 15.0 Å². The van der Waals surface area contributed by atoms with Crippen LogP contribution in [0.5, 0.6) is 0 Å². The van der Waals surface area contributed by atoms with E-state index in [9.17, 15) is 6.63 Å². The van der Waals surface area contributed by atoms with Crippen LogP contribution in [-0.2, 0) is 0 Å². The molecule has 0 radical (unpaired) electrons. The molecule has 8 rings (SSSR count). The molecule has 0 unspecified atom stereocenters. The van der Waals surface area contributed by atoms with Crippen LogP contribution in [0.15, 0.2) is 150 Å². The Bertz CT molecular complexity index is 3220. The molecule has 2 aromatic heterocycles. The highest BCUT2D eigenvalue weighted by atomic mass is 16.3. The van der Waals surface area contributed by atoms with E-state index in [1.807, 2.05) is 30.3 Å². The maximum atomic E-state index is 9.80. The first-order chi connectivity index (χ1) is 28.5. The zero-order valence-electron chi connectivity index (χ0n) is 37.9. The summed E-state index contributed by atoms with van der Waals surface area (Å²) in [6.45, 7) is 0.